The van der Waals surface area contributed by atoms with E-state index >= 15 is 0 Å². The van der Waals surface area contributed by atoms with Crippen molar-refractivity contribution in [2.75, 3.05) is 44.7 Å². The Morgan fingerprint density at radius 1 is 1.26 bits per heavy atom. The minimum Gasteiger partial charge on any atom is -0.379 e. The van der Waals surface area contributed by atoms with E-state index in [1.165, 1.54) is 10.9 Å². The van der Waals surface area contributed by atoms with Crippen LogP contribution in [0.3, 0.4) is 0 Å². The van der Waals surface area contributed by atoms with Crippen LogP contribution in [0.15, 0.2) is 30.5 Å². The van der Waals surface area contributed by atoms with Crippen LogP contribution in [0.2, 0.25) is 0 Å². The number of hydrogen-bond donors (Lipinski definition) is 2. The van der Waals surface area contributed by atoms with E-state index in [4.69, 9.17) is 4.74 Å². The molecule has 6 heteroatoms. The number of morpholine rings is 1. The van der Waals surface area contributed by atoms with Gasteiger partial charge in [-0.05, 0) is 50.6 Å². The highest BCUT2D eigenvalue weighted by Gasteiger charge is 2.24. The molecule has 27 heavy (non-hydrogen) atoms. The largest absolute Gasteiger partial charge is 0.379 e. The van der Waals surface area contributed by atoms with Gasteiger partial charge in [0.1, 0.15) is 0 Å². The van der Waals surface area contributed by atoms with Gasteiger partial charge in [-0.15, -0.1) is 0 Å². The highest BCUT2D eigenvalue weighted by molar-refractivity contribution is 5.95. The number of rotatable bonds is 5. The SMILES string of the molecule is C[C@H]1C[C@@H](C(=O)Nc2ccc3c(ccn3CCN3CCOCC3)c2)CCN1. The fourth-order valence-electron chi connectivity index (χ4n) is 4.16. The van der Waals surface area contributed by atoms with E-state index in [9.17, 15) is 4.79 Å². The molecular formula is C21H30N4O2. The van der Waals surface area contributed by atoms with Crippen molar-refractivity contribution in [2.24, 2.45) is 5.92 Å². The van der Waals surface area contributed by atoms with E-state index in [2.05, 4.69) is 51.4 Å². The third-order valence-electron chi connectivity index (χ3n) is 5.79. The molecular weight excluding hydrogens is 340 g/mol. The molecule has 6 nitrogen and oxygen atoms in total. The molecule has 1 aromatic carbocycles. The summed E-state index contributed by atoms with van der Waals surface area (Å²) >= 11 is 0. The van der Waals surface area contributed by atoms with E-state index in [1.807, 2.05) is 6.07 Å². The Morgan fingerprint density at radius 3 is 2.93 bits per heavy atom. The van der Waals surface area contributed by atoms with E-state index in [0.717, 1.165) is 64.5 Å². The normalized spacial score (nSPS) is 24.2. The Hall–Kier alpha value is -1.89. The maximum Gasteiger partial charge on any atom is 0.227 e. The number of carbonyl (C=O) groups excluding carboxylic acids is 1. The van der Waals surface area contributed by atoms with E-state index in [1.54, 1.807) is 0 Å². The second-order valence-electron chi connectivity index (χ2n) is 7.80. The zero-order chi connectivity index (χ0) is 18.6. The summed E-state index contributed by atoms with van der Waals surface area (Å²) in [5.74, 6) is 0.254. The van der Waals surface area contributed by atoms with Crippen LogP contribution in [0.25, 0.3) is 10.9 Å². The fraction of sp³-hybridized carbons (Fsp3) is 0.571. The van der Waals surface area contributed by atoms with Crippen molar-refractivity contribution in [3.63, 3.8) is 0 Å². The summed E-state index contributed by atoms with van der Waals surface area (Å²) in [5.41, 5.74) is 2.11. The van der Waals surface area contributed by atoms with Crippen molar-refractivity contribution < 1.29 is 9.53 Å². The van der Waals surface area contributed by atoms with Gasteiger partial charge in [-0.3, -0.25) is 9.69 Å². The molecule has 2 atom stereocenters. The summed E-state index contributed by atoms with van der Waals surface area (Å²) in [6.07, 6.45) is 3.97. The zero-order valence-electron chi connectivity index (χ0n) is 16.1. The maximum absolute atomic E-state index is 12.6. The van der Waals surface area contributed by atoms with Gasteiger partial charge in [0.15, 0.2) is 0 Å². The summed E-state index contributed by atoms with van der Waals surface area (Å²) in [6, 6.07) is 8.78. The number of fused-ring (bicyclic) bond motifs is 1. The van der Waals surface area contributed by atoms with Gasteiger partial charge in [0.05, 0.1) is 13.2 Å². The topological polar surface area (TPSA) is 58.5 Å². The van der Waals surface area contributed by atoms with Crippen LogP contribution in [0.1, 0.15) is 19.8 Å². The fourth-order valence-corrected chi connectivity index (χ4v) is 4.16. The molecule has 1 amide bonds. The molecule has 0 aliphatic carbocycles. The third kappa shape index (κ3) is 4.51. The molecule has 0 saturated carbocycles. The van der Waals surface area contributed by atoms with E-state index in [-0.39, 0.29) is 11.8 Å². The van der Waals surface area contributed by atoms with Crippen molar-refractivity contribution in [1.82, 2.24) is 14.8 Å². The molecule has 2 fully saturated rings. The molecule has 2 saturated heterocycles. The first kappa shape index (κ1) is 18.5. The molecule has 0 spiro atoms. The van der Waals surface area contributed by atoms with Gasteiger partial charge in [0.2, 0.25) is 5.91 Å². The number of amides is 1. The number of nitrogens with one attached hydrogen (secondary N) is 2. The maximum atomic E-state index is 12.6. The van der Waals surface area contributed by atoms with Gasteiger partial charge in [0.25, 0.3) is 0 Å². The van der Waals surface area contributed by atoms with Crippen molar-refractivity contribution in [3.05, 3.63) is 30.5 Å². The molecule has 0 bridgehead atoms. The minimum atomic E-state index is 0.107. The van der Waals surface area contributed by atoms with Gasteiger partial charge in [-0.1, -0.05) is 0 Å². The number of anilines is 1. The van der Waals surface area contributed by atoms with Crippen LogP contribution >= 0.6 is 0 Å². The number of piperidine rings is 1. The Bertz CT molecular complexity index is 782. The second-order valence-corrected chi connectivity index (χ2v) is 7.80. The summed E-state index contributed by atoms with van der Waals surface area (Å²) in [7, 11) is 0. The van der Waals surface area contributed by atoms with Crippen LogP contribution < -0.4 is 10.6 Å². The molecule has 4 rings (SSSR count). The summed E-state index contributed by atoms with van der Waals surface area (Å²) in [6.45, 7) is 8.79. The zero-order valence-corrected chi connectivity index (χ0v) is 16.1. The van der Waals surface area contributed by atoms with E-state index < -0.39 is 0 Å². The molecule has 3 heterocycles. The standard InChI is InChI=1S/C21H30N4O2/c1-16-14-18(4-6-22-16)21(26)23-19-2-3-20-17(15-19)5-7-25(20)9-8-24-10-12-27-13-11-24/h2-3,5,7,15-16,18,22H,4,6,8-14H2,1H3,(H,23,26)/t16-,18-/m0/s1. The number of hydrogen-bond acceptors (Lipinski definition) is 4. The average molecular weight is 370 g/mol. The quantitative estimate of drug-likeness (QED) is 0.848. The van der Waals surface area contributed by atoms with Gasteiger partial charge < -0.3 is 19.9 Å². The van der Waals surface area contributed by atoms with Crippen LogP contribution in [0.5, 0.6) is 0 Å². The minimum absolute atomic E-state index is 0.107. The molecule has 1 aromatic heterocycles. The van der Waals surface area contributed by atoms with Gasteiger partial charge in [-0.2, -0.15) is 0 Å². The number of benzene rings is 1. The van der Waals surface area contributed by atoms with Crippen LogP contribution in [0.4, 0.5) is 5.69 Å². The average Bonchev–Trinajstić information content (AvgIpc) is 3.09. The number of carbonyl (C=O) groups is 1. The second kappa shape index (κ2) is 8.42. The Kier molecular flexibility index (Phi) is 5.76. The summed E-state index contributed by atoms with van der Waals surface area (Å²) in [5, 5.41) is 7.69. The van der Waals surface area contributed by atoms with Crippen LogP contribution in [0, 0.1) is 5.92 Å². The lowest BCUT2D eigenvalue weighted by Gasteiger charge is -2.27. The van der Waals surface area contributed by atoms with Crippen LogP contribution in [-0.4, -0.2) is 60.8 Å². The van der Waals surface area contributed by atoms with Crippen molar-refractivity contribution in [3.8, 4) is 0 Å². The van der Waals surface area contributed by atoms with Crippen molar-refractivity contribution >= 4 is 22.5 Å². The first-order valence-electron chi connectivity index (χ1n) is 10.1. The Balaban J connectivity index is 1.38. The molecule has 0 radical (unpaired) electrons. The molecule has 146 valence electrons. The lowest BCUT2D eigenvalue weighted by molar-refractivity contribution is -0.120. The lowest BCUT2D eigenvalue weighted by Crippen LogP contribution is -2.40. The van der Waals surface area contributed by atoms with Crippen LogP contribution in [-0.2, 0) is 16.1 Å². The molecule has 0 unspecified atom stereocenters. The summed E-state index contributed by atoms with van der Waals surface area (Å²) in [4.78, 5) is 15.0. The van der Waals surface area contributed by atoms with Gasteiger partial charge >= 0.3 is 0 Å². The van der Waals surface area contributed by atoms with E-state index in [0.29, 0.717) is 6.04 Å². The molecule has 2 aliphatic heterocycles. The molecule has 2 aromatic rings. The highest BCUT2D eigenvalue weighted by Crippen LogP contribution is 2.23. The Morgan fingerprint density at radius 2 is 2.11 bits per heavy atom. The first-order chi connectivity index (χ1) is 13.2. The van der Waals surface area contributed by atoms with Gasteiger partial charge in [0, 0.05) is 60.9 Å². The molecule has 2 aliphatic rings. The highest BCUT2D eigenvalue weighted by atomic mass is 16.5. The number of aromatic nitrogens is 1. The smallest absolute Gasteiger partial charge is 0.227 e. The summed E-state index contributed by atoms with van der Waals surface area (Å²) < 4.78 is 7.71. The van der Waals surface area contributed by atoms with Crippen molar-refractivity contribution in [2.45, 2.75) is 32.4 Å². The predicted octanol–water partition coefficient (Wildman–Crippen LogP) is 2.30. The number of nitrogens with zero attached hydrogens (tertiary/aromatic N) is 2. The monoisotopic (exact) mass is 370 g/mol. The van der Waals surface area contributed by atoms with Crippen molar-refractivity contribution in [1.29, 1.82) is 0 Å². The third-order valence-corrected chi connectivity index (χ3v) is 5.79. The van der Waals surface area contributed by atoms with Gasteiger partial charge in [-0.25, -0.2) is 0 Å². The Labute approximate surface area is 160 Å². The first-order valence-corrected chi connectivity index (χ1v) is 10.1. The molecule has 2 N–H and O–H groups in total. The predicted molar refractivity (Wildman–Crippen MR) is 108 cm³/mol. The number of ether oxygens (including phenoxy) is 1. The lowest BCUT2D eigenvalue weighted by atomic mass is 9.92.